The van der Waals surface area contributed by atoms with Crippen LogP contribution in [0.15, 0.2) is 249 Å². The van der Waals surface area contributed by atoms with Crippen LogP contribution in [-0.2, 0) is 0 Å². The fraction of sp³-hybridized carbons (Fsp3) is 0. The van der Waals surface area contributed by atoms with E-state index in [1.165, 1.54) is 97.6 Å². The summed E-state index contributed by atoms with van der Waals surface area (Å²) in [5, 5.41) is 10.7. The molecule has 0 aliphatic carbocycles. The largest absolute Gasteiger partial charge is 0.309 e. The van der Waals surface area contributed by atoms with Crippen molar-refractivity contribution in [2.45, 2.75) is 0 Å². The van der Waals surface area contributed by atoms with Crippen molar-refractivity contribution >= 4 is 95.5 Å². The number of hydrogen-bond donors (Lipinski definition) is 0. The van der Waals surface area contributed by atoms with Crippen molar-refractivity contribution in [2.24, 2.45) is 0 Å². The summed E-state index contributed by atoms with van der Waals surface area (Å²) in [6, 6.07) is 93.1. The SMILES string of the molecule is c1ccc([Si]2(c3ccccc3)c3ccccc3B(c3ccccc3-c3ccccc3-n3c4ccccc4c4cc(-n5c6ccccc6c6ccccc65)ccc43)c3ccccc32)cc1. The van der Waals surface area contributed by atoms with Gasteiger partial charge >= 0.3 is 0 Å². The number of rotatable bonds is 6. The lowest BCUT2D eigenvalue weighted by molar-refractivity contribution is 1.17. The van der Waals surface area contributed by atoms with Gasteiger partial charge in [-0.1, -0.05) is 223 Å². The summed E-state index contributed by atoms with van der Waals surface area (Å²) < 4.78 is 4.92. The maximum absolute atomic E-state index is 2.72. The molecule has 0 atom stereocenters. The molecule has 0 bridgehead atoms. The summed E-state index contributed by atoms with van der Waals surface area (Å²) in [7, 11) is -2.72. The number of para-hydroxylation sites is 4. The normalized spacial score (nSPS) is 13.1. The quantitative estimate of drug-likeness (QED) is 0.148. The Morgan fingerprint density at radius 1 is 0.297 bits per heavy atom. The molecule has 0 N–H and O–H groups in total. The summed E-state index contributed by atoms with van der Waals surface area (Å²) in [4.78, 5) is 0. The van der Waals surface area contributed by atoms with Gasteiger partial charge in [0, 0.05) is 32.8 Å². The Bertz CT molecular complexity index is 3610. The molecule has 0 saturated heterocycles. The minimum atomic E-state index is -2.72. The van der Waals surface area contributed by atoms with Crippen molar-refractivity contribution in [3.8, 4) is 22.5 Å². The van der Waals surface area contributed by atoms with Crippen molar-refractivity contribution in [1.82, 2.24) is 9.13 Å². The Balaban J connectivity index is 1.03. The van der Waals surface area contributed by atoms with Gasteiger partial charge in [0.05, 0.1) is 27.8 Å². The first-order chi connectivity index (χ1) is 31.8. The van der Waals surface area contributed by atoms with E-state index in [-0.39, 0.29) is 6.71 Å². The number of fused-ring (bicyclic) bond motifs is 8. The lowest BCUT2D eigenvalue weighted by Gasteiger charge is -2.43. The van der Waals surface area contributed by atoms with Gasteiger partial charge in [-0.3, -0.25) is 0 Å². The van der Waals surface area contributed by atoms with E-state index in [0.717, 1.165) is 5.69 Å². The third-order valence-electron chi connectivity index (χ3n) is 14.0. The van der Waals surface area contributed by atoms with Gasteiger partial charge in [-0.15, -0.1) is 0 Å². The first-order valence-corrected chi connectivity index (χ1v) is 24.3. The molecule has 10 aromatic carbocycles. The van der Waals surface area contributed by atoms with Crippen LogP contribution in [-0.4, -0.2) is 23.9 Å². The second kappa shape index (κ2) is 14.6. The fourth-order valence-electron chi connectivity index (χ4n) is 11.4. The molecule has 64 heavy (non-hydrogen) atoms. The van der Waals surface area contributed by atoms with E-state index in [1.54, 1.807) is 0 Å². The highest BCUT2D eigenvalue weighted by molar-refractivity contribution is 7.26. The van der Waals surface area contributed by atoms with Crippen molar-refractivity contribution in [1.29, 1.82) is 0 Å². The highest BCUT2D eigenvalue weighted by Gasteiger charge is 2.50. The van der Waals surface area contributed by atoms with E-state index in [4.69, 9.17) is 0 Å². The molecule has 13 rings (SSSR count). The van der Waals surface area contributed by atoms with Gasteiger partial charge in [-0.05, 0) is 68.8 Å². The summed E-state index contributed by atoms with van der Waals surface area (Å²) in [6.45, 7) is 0.0247. The second-order valence-corrected chi connectivity index (χ2v) is 20.8. The van der Waals surface area contributed by atoms with Crippen LogP contribution in [0, 0.1) is 0 Å². The lowest BCUT2D eigenvalue weighted by Crippen LogP contribution is -2.86. The van der Waals surface area contributed by atoms with Gasteiger partial charge in [-0.25, -0.2) is 0 Å². The molecule has 12 aromatic rings. The average molecular weight is 829 g/mol. The summed E-state index contributed by atoms with van der Waals surface area (Å²) in [5.74, 6) is 0. The number of hydrogen-bond acceptors (Lipinski definition) is 0. The predicted octanol–water partition coefficient (Wildman–Crippen LogP) is 9.75. The molecule has 0 spiro atoms. The van der Waals surface area contributed by atoms with Crippen molar-refractivity contribution in [3.05, 3.63) is 249 Å². The minimum absolute atomic E-state index is 0.0247. The zero-order valence-corrected chi connectivity index (χ0v) is 36.1. The van der Waals surface area contributed by atoms with Gasteiger partial charge in [0.25, 0.3) is 0 Å². The Kier molecular flexibility index (Phi) is 8.37. The molecule has 1 aliphatic rings. The third kappa shape index (κ3) is 5.27. The van der Waals surface area contributed by atoms with Crippen LogP contribution in [0.5, 0.6) is 0 Å². The minimum Gasteiger partial charge on any atom is -0.309 e. The molecule has 2 nitrogen and oxygen atoms in total. The molecule has 298 valence electrons. The molecule has 2 aromatic heterocycles. The third-order valence-corrected chi connectivity index (χ3v) is 18.9. The first kappa shape index (κ1) is 36.7. The smallest absolute Gasteiger partial charge is 0.241 e. The molecule has 4 heteroatoms. The van der Waals surface area contributed by atoms with E-state index in [0.29, 0.717) is 0 Å². The summed E-state index contributed by atoms with van der Waals surface area (Å²) in [5.41, 5.74) is 13.7. The summed E-state index contributed by atoms with van der Waals surface area (Å²) in [6.07, 6.45) is 0. The highest BCUT2D eigenvalue weighted by atomic mass is 28.3. The highest BCUT2D eigenvalue weighted by Crippen LogP contribution is 2.39. The van der Waals surface area contributed by atoms with Gasteiger partial charge in [0.15, 0.2) is 8.07 Å². The van der Waals surface area contributed by atoms with E-state index >= 15 is 0 Å². The second-order valence-electron chi connectivity index (χ2n) is 17.1. The lowest BCUT2D eigenvalue weighted by atomic mass is 9.35. The van der Waals surface area contributed by atoms with Crippen molar-refractivity contribution < 1.29 is 0 Å². The van der Waals surface area contributed by atoms with E-state index in [1.807, 2.05) is 0 Å². The van der Waals surface area contributed by atoms with Crippen LogP contribution in [0.1, 0.15) is 0 Å². The van der Waals surface area contributed by atoms with Crippen LogP contribution in [0.3, 0.4) is 0 Å². The number of nitrogens with zero attached hydrogens (tertiary/aromatic N) is 2. The zero-order valence-electron chi connectivity index (χ0n) is 35.1. The Morgan fingerprint density at radius 2 is 0.719 bits per heavy atom. The number of aromatic nitrogens is 2. The predicted molar refractivity (Wildman–Crippen MR) is 275 cm³/mol. The van der Waals surface area contributed by atoms with Gasteiger partial charge in [0.2, 0.25) is 6.71 Å². The van der Waals surface area contributed by atoms with Crippen LogP contribution >= 0.6 is 0 Å². The number of benzene rings is 10. The fourth-order valence-corrected chi connectivity index (χ4v) is 16.7. The van der Waals surface area contributed by atoms with Crippen LogP contribution in [0.25, 0.3) is 66.1 Å². The van der Waals surface area contributed by atoms with Gasteiger partial charge in [0.1, 0.15) is 0 Å². The maximum atomic E-state index is 2.50. The molecule has 3 heterocycles. The average Bonchev–Trinajstić information content (AvgIpc) is 3.89. The molecule has 0 unspecified atom stereocenters. The Morgan fingerprint density at radius 3 is 1.31 bits per heavy atom. The maximum Gasteiger partial charge on any atom is 0.241 e. The van der Waals surface area contributed by atoms with Gasteiger partial charge in [-0.2, -0.15) is 0 Å². The van der Waals surface area contributed by atoms with Crippen LogP contribution in [0.2, 0.25) is 0 Å². The Labute approximate surface area is 374 Å². The van der Waals surface area contributed by atoms with E-state index in [9.17, 15) is 0 Å². The van der Waals surface area contributed by atoms with E-state index < -0.39 is 8.07 Å². The van der Waals surface area contributed by atoms with Crippen molar-refractivity contribution in [2.75, 3.05) is 0 Å². The molecule has 0 radical (unpaired) electrons. The molecular weight excluding hydrogens is 788 g/mol. The molecule has 0 amide bonds. The molecule has 0 saturated carbocycles. The Hall–Kier alpha value is -7.92. The molecule has 0 fully saturated rings. The summed E-state index contributed by atoms with van der Waals surface area (Å²) >= 11 is 0. The first-order valence-electron chi connectivity index (χ1n) is 22.3. The van der Waals surface area contributed by atoms with Crippen LogP contribution < -0.4 is 37.1 Å². The van der Waals surface area contributed by atoms with Crippen molar-refractivity contribution in [3.63, 3.8) is 0 Å². The standard InChI is InChI=1S/C60H41BN2Si/c1-3-21-43(22-4-1)64(44-23-5-2-6-24-44)59-37-19-13-31-52(59)61(53-32-14-20-38-60(53)64)51-30-12-7-25-45(51)46-26-8-17-35-56(46)63-57-36-18-11-29-49(57)50-41-42(39-40-58(50)63)62-54-33-15-9-27-47(54)48-28-10-16-34-55(48)62/h1-41H. The topological polar surface area (TPSA) is 9.86 Å². The molecular formula is C60H41BN2Si. The van der Waals surface area contributed by atoms with E-state index in [2.05, 4.69) is 258 Å². The monoisotopic (exact) mass is 828 g/mol. The van der Waals surface area contributed by atoms with Gasteiger partial charge < -0.3 is 9.13 Å². The zero-order chi connectivity index (χ0) is 42.2. The van der Waals surface area contributed by atoms with Crippen LogP contribution in [0.4, 0.5) is 0 Å². The molecule has 1 aliphatic heterocycles.